The quantitative estimate of drug-likeness (QED) is 0.561. The van der Waals surface area contributed by atoms with Crippen molar-refractivity contribution in [3.05, 3.63) is 83.5 Å². The van der Waals surface area contributed by atoms with E-state index in [1.165, 1.54) is 10.4 Å². The van der Waals surface area contributed by atoms with E-state index < -0.39 is 0 Å². The molecule has 1 amide bonds. The minimum atomic E-state index is -0.108. The molecule has 27 heavy (non-hydrogen) atoms. The number of amides is 1. The molecule has 0 atom stereocenters. The first kappa shape index (κ1) is 18.6. The Morgan fingerprint density at radius 3 is 2.74 bits per heavy atom. The van der Waals surface area contributed by atoms with Crippen LogP contribution in [-0.2, 0) is 11.3 Å². The monoisotopic (exact) mass is 373 g/mol. The number of carbonyl (C=O) groups excluding carboxylic acids is 1. The third-order valence-corrected chi connectivity index (χ3v) is 5.08. The SMILES string of the molecule is N#CCCN(Cc1cccnc1)C(=O)/C=C/c1ccc(-c2ccccc2)s1. The van der Waals surface area contributed by atoms with Crippen molar-refractivity contribution in [2.24, 2.45) is 0 Å². The Morgan fingerprint density at radius 1 is 1.15 bits per heavy atom. The first-order chi connectivity index (χ1) is 13.3. The van der Waals surface area contributed by atoms with E-state index in [1.807, 2.05) is 42.5 Å². The maximum atomic E-state index is 12.6. The minimum absolute atomic E-state index is 0.108. The van der Waals surface area contributed by atoms with Gasteiger partial charge in [0.15, 0.2) is 0 Å². The first-order valence-corrected chi connectivity index (χ1v) is 9.46. The van der Waals surface area contributed by atoms with Crippen molar-refractivity contribution in [3.8, 4) is 16.5 Å². The summed E-state index contributed by atoms with van der Waals surface area (Å²) in [5.41, 5.74) is 2.11. The summed E-state index contributed by atoms with van der Waals surface area (Å²) in [5, 5.41) is 8.87. The van der Waals surface area contributed by atoms with Crippen LogP contribution in [0.25, 0.3) is 16.5 Å². The van der Waals surface area contributed by atoms with Crippen molar-refractivity contribution < 1.29 is 4.79 Å². The maximum absolute atomic E-state index is 12.6. The average molecular weight is 373 g/mol. The van der Waals surface area contributed by atoms with Gasteiger partial charge in [-0.15, -0.1) is 11.3 Å². The lowest BCUT2D eigenvalue weighted by Gasteiger charge is -2.19. The Kier molecular flexibility index (Phi) is 6.50. The van der Waals surface area contributed by atoms with E-state index in [-0.39, 0.29) is 5.91 Å². The second-order valence-corrected chi connectivity index (χ2v) is 7.05. The summed E-state index contributed by atoms with van der Waals surface area (Å²) in [7, 11) is 0. The summed E-state index contributed by atoms with van der Waals surface area (Å²) in [4.78, 5) is 20.6. The number of nitriles is 1. The molecule has 3 aromatic rings. The summed E-state index contributed by atoms with van der Waals surface area (Å²) < 4.78 is 0. The molecule has 0 aliphatic rings. The van der Waals surface area contributed by atoms with Crippen LogP contribution in [0.2, 0.25) is 0 Å². The summed E-state index contributed by atoms with van der Waals surface area (Å²) in [6.45, 7) is 0.840. The molecule has 0 bridgehead atoms. The molecule has 134 valence electrons. The molecule has 4 nitrogen and oxygen atoms in total. The van der Waals surface area contributed by atoms with Crippen molar-refractivity contribution in [1.29, 1.82) is 5.26 Å². The number of hydrogen-bond acceptors (Lipinski definition) is 4. The van der Waals surface area contributed by atoms with E-state index in [2.05, 4.69) is 29.3 Å². The van der Waals surface area contributed by atoms with Crippen molar-refractivity contribution in [2.45, 2.75) is 13.0 Å². The lowest BCUT2D eigenvalue weighted by atomic mass is 10.2. The van der Waals surface area contributed by atoms with Crippen LogP contribution in [0.5, 0.6) is 0 Å². The van der Waals surface area contributed by atoms with Gasteiger partial charge in [-0.05, 0) is 35.4 Å². The molecular weight excluding hydrogens is 354 g/mol. The molecule has 0 aliphatic carbocycles. The number of benzene rings is 1. The van der Waals surface area contributed by atoms with Gasteiger partial charge in [-0.2, -0.15) is 5.26 Å². The van der Waals surface area contributed by atoms with E-state index in [4.69, 9.17) is 5.26 Å². The summed E-state index contributed by atoms with van der Waals surface area (Å²) in [5.74, 6) is -0.108. The third-order valence-electron chi connectivity index (χ3n) is 3.98. The normalized spacial score (nSPS) is 10.6. The third kappa shape index (κ3) is 5.37. The molecule has 0 N–H and O–H groups in total. The average Bonchev–Trinajstić information content (AvgIpc) is 3.20. The van der Waals surface area contributed by atoms with Crippen LogP contribution in [-0.4, -0.2) is 22.3 Å². The molecule has 0 spiro atoms. The first-order valence-electron chi connectivity index (χ1n) is 8.64. The predicted molar refractivity (Wildman–Crippen MR) is 109 cm³/mol. The molecular formula is C22H19N3OS. The van der Waals surface area contributed by atoms with Gasteiger partial charge in [0.2, 0.25) is 5.91 Å². The largest absolute Gasteiger partial charge is 0.334 e. The molecule has 1 aromatic carbocycles. The number of nitrogens with zero attached hydrogens (tertiary/aromatic N) is 3. The Labute approximate surface area is 163 Å². The zero-order valence-corrected chi connectivity index (χ0v) is 15.6. The van der Waals surface area contributed by atoms with Gasteiger partial charge in [0, 0.05) is 41.3 Å². The van der Waals surface area contributed by atoms with E-state index >= 15 is 0 Å². The van der Waals surface area contributed by atoms with Crippen LogP contribution in [0, 0.1) is 11.3 Å². The molecule has 0 saturated carbocycles. The summed E-state index contributed by atoms with van der Waals surface area (Å²) in [6.07, 6.45) is 7.15. The molecule has 0 unspecified atom stereocenters. The number of thiophene rings is 1. The van der Waals surface area contributed by atoms with Crippen LogP contribution in [0.15, 0.2) is 73.1 Å². The van der Waals surface area contributed by atoms with Gasteiger partial charge < -0.3 is 4.90 Å². The fraction of sp³-hybridized carbons (Fsp3) is 0.136. The van der Waals surface area contributed by atoms with Gasteiger partial charge in [-0.1, -0.05) is 36.4 Å². The van der Waals surface area contributed by atoms with Crippen LogP contribution in [0.1, 0.15) is 16.9 Å². The maximum Gasteiger partial charge on any atom is 0.246 e. The fourth-order valence-electron chi connectivity index (χ4n) is 2.62. The Bertz CT molecular complexity index is 942. The van der Waals surface area contributed by atoms with Crippen molar-refractivity contribution in [1.82, 2.24) is 9.88 Å². The lowest BCUT2D eigenvalue weighted by Crippen LogP contribution is -2.29. The van der Waals surface area contributed by atoms with E-state index in [0.717, 1.165) is 10.4 Å². The lowest BCUT2D eigenvalue weighted by molar-refractivity contribution is -0.126. The van der Waals surface area contributed by atoms with Gasteiger partial charge in [0.25, 0.3) is 0 Å². The van der Waals surface area contributed by atoms with E-state index in [9.17, 15) is 4.79 Å². The van der Waals surface area contributed by atoms with Gasteiger partial charge in [-0.25, -0.2) is 0 Å². The Hall–Kier alpha value is -3.23. The molecule has 2 aromatic heterocycles. The Morgan fingerprint density at radius 2 is 2.00 bits per heavy atom. The molecule has 0 fully saturated rings. The number of rotatable bonds is 7. The minimum Gasteiger partial charge on any atom is -0.334 e. The smallest absolute Gasteiger partial charge is 0.246 e. The van der Waals surface area contributed by atoms with Crippen molar-refractivity contribution in [2.75, 3.05) is 6.54 Å². The fourth-order valence-corrected chi connectivity index (χ4v) is 3.54. The Balaban J connectivity index is 1.69. The highest BCUT2D eigenvalue weighted by atomic mass is 32.1. The molecule has 2 heterocycles. The molecule has 0 saturated heterocycles. The number of pyridine rings is 1. The van der Waals surface area contributed by atoms with E-state index in [0.29, 0.717) is 19.5 Å². The number of aromatic nitrogens is 1. The summed E-state index contributed by atoms with van der Waals surface area (Å²) in [6, 6.07) is 20.1. The van der Waals surface area contributed by atoms with E-state index in [1.54, 1.807) is 34.7 Å². The van der Waals surface area contributed by atoms with Crippen LogP contribution in [0.3, 0.4) is 0 Å². The molecule has 0 aliphatic heterocycles. The van der Waals surface area contributed by atoms with Crippen LogP contribution in [0.4, 0.5) is 0 Å². The van der Waals surface area contributed by atoms with Crippen LogP contribution >= 0.6 is 11.3 Å². The van der Waals surface area contributed by atoms with Gasteiger partial charge in [0.1, 0.15) is 0 Å². The van der Waals surface area contributed by atoms with Gasteiger partial charge >= 0.3 is 0 Å². The summed E-state index contributed by atoms with van der Waals surface area (Å²) >= 11 is 1.64. The zero-order chi connectivity index (χ0) is 18.9. The molecule has 5 heteroatoms. The second-order valence-electron chi connectivity index (χ2n) is 5.93. The zero-order valence-electron chi connectivity index (χ0n) is 14.8. The standard InChI is InChI=1S/C22H19N3OS/c23-13-5-15-25(17-18-6-4-14-24-16-18)22(26)12-10-20-9-11-21(27-20)19-7-2-1-3-8-19/h1-4,6-12,14,16H,5,15,17H2/b12-10+. The second kappa shape index (κ2) is 9.46. The molecule has 3 rings (SSSR count). The predicted octanol–water partition coefficient (Wildman–Crippen LogP) is 4.77. The highest BCUT2D eigenvalue weighted by molar-refractivity contribution is 7.16. The van der Waals surface area contributed by atoms with Crippen LogP contribution < -0.4 is 0 Å². The van der Waals surface area contributed by atoms with Gasteiger partial charge in [0.05, 0.1) is 12.5 Å². The van der Waals surface area contributed by atoms with Crippen molar-refractivity contribution >= 4 is 23.3 Å². The number of carbonyl (C=O) groups is 1. The topological polar surface area (TPSA) is 57.0 Å². The van der Waals surface area contributed by atoms with Gasteiger partial charge in [-0.3, -0.25) is 9.78 Å². The van der Waals surface area contributed by atoms with Crippen molar-refractivity contribution in [3.63, 3.8) is 0 Å². The number of hydrogen-bond donors (Lipinski definition) is 0. The highest BCUT2D eigenvalue weighted by Gasteiger charge is 2.11. The molecule has 0 radical (unpaired) electrons. The highest BCUT2D eigenvalue weighted by Crippen LogP contribution is 2.28.